The summed E-state index contributed by atoms with van der Waals surface area (Å²) in [4.78, 5) is 41.6. The van der Waals surface area contributed by atoms with Crippen molar-refractivity contribution in [3.8, 4) is 0 Å². The van der Waals surface area contributed by atoms with Crippen LogP contribution in [0.3, 0.4) is 0 Å². The quantitative estimate of drug-likeness (QED) is 0.657. The fourth-order valence-corrected chi connectivity index (χ4v) is 3.83. The number of esters is 1. The number of fused-ring (bicyclic) bond motifs is 1. The molecule has 2 N–H and O–H groups in total. The highest BCUT2D eigenvalue weighted by atomic mass is 35.5. The van der Waals surface area contributed by atoms with Gasteiger partial charge in [-0.2, -0.15) is 0 Å². The SMILES string of the molecule is Cc1c(C(N)=O)sc2ncn(C(C)C(=O)OCc3ccccc3Cl)c(=O)c12. The number of aromatic nitrogens is 2. The van der Waals surface area contributed by atoms with Crippen LogP contribution < -0.4 is 11.3 Å². The lowest BCUT2D eigenvalue weighted by molar-refractivity contribution is -0.148. The van der Waals surface area contributed by atoms with Crippen molar-refractivity contribution in [3.63, 3.8) is 0 Å². The van der Waals surface area contributed by atoms with E-state index in [2.05, 4.69) is 4.98 Å². The minimum atomic E-state index is -0.895. The van der Waals surface area contributed by atoms with E-state index in [9.17, 15) is 14.4 Å². The van der Waals surface area contributed by atoms with Gasteiger partial charge in [-0.1, -0.05) is 29.8 Å². The van der Waals surface area contributed by atoms with Crippen LogP contribution in [0.15, 0.2) is 35.4 Å². The topological polar surface area (TPSA) is 104 Å². The molecule has 9 heteroatoms. The molecule has 1 unspecified atom stereocenters. The molecule has 0 aliphatic heterocycles. The van der Waals surface area contributed by atoms with Crippen LogP contribution in [0.1, 0.15) is 33.8 Å². The predicted octanol–water partition coefficient (Wildman–Crippen LogP) is 2.82. The molecule has 0 aliphatic rings. The number of nitrogens with two attached hydrogens (primary N) is 1. The number of aryl methyl sites for hydroxylation is 1. The lowest BCUT2D eigenvalue weighted by atomic mass is 10.2. The van der Waals surface area contributed by atoms with E-state index in [4.69, 9.17) is 22.1 Å². The highest BCUT2D eigenvalue weighted by Gasteiger charge is 2.23. The van der Waals surface area contributed by atoms with Crippen molar-refractivity contribution in [2.24, 2.45) is 5.73 Å². The third-order valence-electron chi connectivity index (χ3n) is 4.19. The van der Waals surface area contributed by atoms with E-state index in [0.717, 1.165) is 11.3 Å². The Morgan fingerprint density at radius 1 is 1.37 bits per heavy atom. The Balaban J connectivity index is 1.88. The Kier molecular flexibility index (Phi) is 5.29. The van der Waals surface area contributed by atoms with E-state index >= 15 is 0 Å². The van der Waals surface area contributed by atoms with E-state index in [1.807, 2.05) is 0 Å². The molecular formula is C18H16ClN3O4S. The van der Waals surface area contributed by atoms with E-state index < -0.39 is 23.5 Å². The summed E-state index contributed by atoms with van der Waals surface area (Å²) in [7, 11) is 0. The van der Waals surface area contributed by atoms with Crippen LogP contribution in [0.5, 0.6) is 0 Å². The zero-order valence-electron chi connectivity index (χ0n) is 14.6. The number of carbonyl (C=O) groups is 2. The van der Waals surface area contributed by atoms with Crippen molar-refractivity contribution in [3.05, 3.63) is 62.0 Å². The minimum absolute atomic E-state index is 0.00340. The number of ether oxygens (including phenoxy) is 1. The van der Waals surface area contributed by atoms with Gasteiger partial charge in [-0.15, -0.1) is 11.3 Å². The van der Waals surface area contributed by atoms with Crippen molar-refractivity contribution >= 4 is 45.0 Å². The summed E-state index contributed by atoms with van der Waals surface area (Å²) in [5.41, 5.74) is 6.04. The van der Waals surface area contributed by atoms with Gasteiger partial charge in [0.05, 0.1) is 16.6 Å². The Morgan fingerprint density at radius 3 is 2.74 bits per heavy atom. The van der Waals surface area contributed by atoms with Crippen molar-refractivity contribution in [2.75, 3.05) is 0 Å². The molecule has 0 saturated heterocycles. The molecule has 0 bridgehead atoms. The lowest BCUT2D eigenvalue weighted by Crippen LogP contribution is -2.29. The summed E-state index contributed by atoms with van der Waals surface area (Å²) < 4.78 is 6.47. The summed E-state index contributed by atoms with van der Waals surface area (Å²) in [5.74, 6) is -1.21. The van der Waals surface area contributed by atoms with Gasteiger partial charge in [0.15, 0.2) is 0 Å². The zero-order valence-corrected chi connectivity index (χ0v) is 16.1. The highest BCUT2D eigenvalue weighted by molar-refractivity contribution is 7.20. The third kappa shape index (κ3) is 3.58. The summed E-state index contributed by atoms with van der Waals surface area (Å²) in [6.45, 7) is 3.17. The average molecular weight is 406 g/mol. The van der Waals surface area contributed by atoms with Gasteiger partial charge in [0.25, 0.3) is 11.5 Å². The standard InChI is InChI=1S/C18H16ClN3O4S/c1-9-13-16(27-14(9)15(20)23)21-8-22(17(13)24)10(2)18(25)26-7-11-5-3-4-6-12(11)19/h3-6,8,10H,7H2,1-2H3,(H2,20,23). The summed E-state index contributed by atoms with van der Waals surface area (Å²) in [6, 6.07) is 6.12. The lowest BCUT2D eigenvalue weighted by Gasteiger charge is -2.14. The van der Waals surface area contributed by atoms with Gasteiger partial charge in [-0.3, -0.25) is 14.2 Å². The van der Waals surface area contributed by atoms with Crippen molar-refractivity contribution in [2.45, 2.75) is 26.5 Å². The van der Waals surface area contributed by atoms with Crippen molar-refractivity contribution in [1.29, 1.82) is 0 Å². The van der Waals surface area contributed by atoms with E-state index in [1.54, 1.807) is 38.1 Å². The molecule has 0 fully saturated rings. The number of amides is 1. The Hall–Kier alpha value is -2.71. The number of benzene rings is 1. The van der Waals surface area contributed by atoms with Gasteiger partial charge in [-0.05, 0) is 25.5 Å². The first-order valence-electron chi connectivity index (χ1n) is 8.01. The van der Waals surface area contributed by atoms with Gasteiger partial charge in [0.1, 0.15) is 17.5 Å². The Labute approximate surface area is 163 Å². The fourth-order valence-electron chi connectivity index (χ4n) is 2.65. The van der Waals surface area contributed by atoms with E-state index in [0.29, 0.717) is 21.0 Å². The van der Waals surface area contributed by atoms with Crippen LogP contribution in [0.4, 0.5) is 0 Å². The van der Waals surface area contributed by atoms with Gasteiger partial charge in [0.2, 0.25) is 0 Å². The summed E-state index contributed by atoms with van der Waals surface area (Å²) in [6.07, 6.45) is 1.27. The molecule has 1 amide bonds. The molecule has 0 saturated carbocycles. The maximum absolute atomic E-state index is 12.8. The molecule has 27 heavy (non-hydrogen) atoms. The second kappa shape index (κ2) is 7.50. The normalized spacial score (nSPS) is 12.1. The highest BCUT2D eigenvalue weighted by Crippen LogP contribution is 2.26. The molecule has 3 aromatic rings. The molecule has 0 aliphatic carbocycles. The molecule has 1 aromatic carbocycles. The number of hydrogen-bond donors (Lipinski definition) is 1. The fraction of sp³-hybridized carbons (Fsp3) is 0.222. The van der Waals surface area contributed by atoms with Crippen LogP contribution in [-0.4, -0.2) is 21.4 Å². The number of thiophene rings is 1. The number of hydrogen-bond acceptors (Lipinski definition) is 6. The number of primary amides is 1. The first kappa shape index (κ1) is 19.1. The maximum Gasteiger partial charge on any atom is 0.329 e. The summed E-state index contributed by atoms with van der Waals surface area (Å²) >= 11 is 7.10. The summed E-state index contributed by atoms with van der Waals surface area (Å²) in [5, 5.41) is 0.771. The van der Waals surface area contributed by atoms with Crippen LogP contribution >= 0.6 is 22.9 Å². The largest absolute Gasteiger partial charge is 0.459 e. The number of carbonyl (C=O) groups excluding carboxylic acids is 2. The molecule has 2 aromatic heterocycles. The molecule has 2 heterocycles. The maximum atomic E-state index is 12.8. The molecule has 140 valence electrons. The number of rotatable bonds is 5. The van der Waals surface area contributed by atoms with Crippen LogP contribution in [0, 0.1) is 6.92 Å². The third-order valence-corrected chi connectivity index (χ3v) is 5.77. The van der Waals surface area contributed by atoms with Gasteiger partial charge < -0.3 is 10.5 Å². The predicted molar refractivity (Wildman–Crippen MR) is 103 cm³/mol. The Morgan fingerprint density at radius 2 is 2.07 bits per heavy atom. The van der Waals surface area contributed by atoms with Crippen LogP contribution in [-0.2, 0) is 16.1 Å². The minimum Gasteiger partial charge on any atom is -0.459 e. The first-order chi connectivity index (χ1) is 12.8. The molecule has 1 atom stereocenters. The molecule has 3 rings (SSSR count). The van der Waals surface area contributed by atoms with Crippen LogP contribution in [0.25, 0.3) is 10.2 Å². The second-order valence-electron chi connectivity index (χ2n) is 5.93. The van der Waals surface area contributed by atoms with Gasteiger partial charge in [-0.25, -0.2) is 9.78 Å². The average Bonchev–Trinajstić information content (AvgIpc) is 2.98. The molecule has 0 radical (unpaired) electrons. The van der Waals surface area contributed by atoms with Crippen LogP contribution in [0.2, 0.25) is 5.02 Å². The first-order valence-corrected chi connectivity index (χ1v) is 9.20. The number of halogens is 1. The molecule has 7 nitrogen and oxygen atoms in total. The Bertz CT molecular complexity index is 1110. The number of nitrogens with zero attached hydrogens (tertiary/aromatic N) is 2. The molecule has 0 spiro atoms. The second-order valence-corrected chi connectivity index (χ2v) is 7.34. The van der Waals surface area contributed by atoms with Crippen molar-refractivity contribution < 1.29 is 14.3 Å². The molecular weight excluding hydrogens is 390 g/mol. The van der Waals surface area contributed by atoms with Crippen molar-refractivity contribution in [1.82, 2.24) is 9.55 Å². The monoisotopic (exact) mass is 405 g/mol. The van der Waals surface area contributed by atoms with E-state index in [1.165, 1.54) is 10.9 Å². The van der Waals surface area contributed by atoms with Gasteiger partial charge in [0, 0.05) is 10.6 Å². The van der Waals surface area contributed by atoms with E-state index in [-0.39, 0.29) is 16.9 Å². The zero-order chi connectivity index (χ0) is 19.7. The van der Waals surface area contributed by atoms with Gasteiger partial charge >= 0.3 is 5.97 Å². The smallest absolute Gasteiger partial charge is 0.329 e.